The fourth-order valence-corrected chi connectivity index (χ4v) is 3.47. The van der Waals surface area contributed by atoms with E-state index in [9.17, 15) is 22.4 Å². The highest BCUT2D eigenvalue weighted by molar-refractivity contribution is 7.18. The normalized spacial score (nSPS) is 15.9. The highest BCUT2D eigenvalue weighted by Crippen LogP contribution is 2.47. The van der Waals surface area contributed by atoms with Gasteiger partial charge in [-0.15, -0.1) is 0 Å². The van der Waals surface area contributed by atoms with Gasteiger partial charge in [0.2, 0.25) is 5.91 Å². The molecule has 170 valence electrons. The number of nitrogens with one attached hydrogen (secondary N) is 1. The molecule has 0 saturated heterocycles. The van der Waals surface area contributed by atoms with Gasteiger partial charge in [0.05, 0.1) is 11.2 Å². The third-order valence-electron chi connectivity index (χ3n) is 5.39. The lowest BCUT2D eigenvalue weighted by molar-refractivity contribution is -0.118. The van der Waals surface area contributed by atoms with Crippen LogP contribution in [0.1, 0.15) is 43.6 Å². The van der Waals surface area contributed by atoms with Crippen LogP contribution in [-0.4, -0.2) is 21.5 Å². The van der Waals surface area contributed by atoms with E-state index in [4.69, 9.17) is 0 Å². The summed E-state index contributed by atoms with van der Waals surface area (Å²) in [5, 5.41) is 2.92. The zero-order valence-corrected chi connectivity index (χ0v) is 19.1. The van der Waals surface area contributed by atoms with E-state index in [1.54, 1.807) is 19.1 Å². The summed E-state index contributed by atoms with van der Waals surface area (Å²) < 4.78 is 53.8. The lowest BCUT2D eigenvalue weighted by atomic mass is 10.0. The Morgan fingerprint density at radius 3 is 2.44 bits per heavy atom. The Balaban J connectivity index is 1.83. The van der Waals surface area contributed by atoms with Gasteiger partial charge in [-0.1, -0.05) is 21.9 Å². The van der Waals surface area contributed by atoms with Crippen LogP contribution in [0, 0.1) is 6.92 Å². The van der Waals surface area contributed by atoms with Crippen LogP contribution in [0.25, 0.3) is 11.3 Å². The maximum absolute atomic E-state index is 13.6. The van der Waals surface area contributed by atoms with Crippen LogP contribution in [0.15, 0.2) is 54.3 Å². The largest absolute Gasteiger partial charge is 0.343 e. The number of hydrogen-bond acceptors (Lipinski definition) is 3. The Hall–Kier alpha value is -2.60. The molecular weight excluding hydrogens is 441 g/mol. The first-order valence-corrected chi connectivity index (χ1v) is 10.5. The number of amides is 1. The van der Waals surface area contributed by atoms with Crippen LogP contribution in [-0.2, 0) is 16.3 Å². The van der Waals surface area contributed by atoms with Crippen LogP contribution in [0.3, 0.4) is 0 Å². The minimum Gasteiger partial charge on any atom is -0.343 e. The fourth-order valence-electron chi connectivity index (χ4n) is 3.38. The summed E-state index contributed by atoms with van der Waals surface area (Å²) in [6, 6.07) is 6.43. The first-order chi connectivity index (χ1) is 14.7. The molecule has 2 heterocycles. The van der Waals surface area contributed by atoms with E-state index < -0.39 is 28.6 Å². The number of allylic oxidation sites excluding steroid dienone is 2. The third-order valence-corrected chi connectivity index (χ3v) is 5.76. The second kappa shape index (κ2) is 8.39. The Morgan fingerprint density at radius 1 is 1.25 bits per heavy atom. The molecule has 1 atom stereocenters. The maximum atomic E-state index is 13.6. The highest BCUT2D eigenvalue weighted by atomic mass is 31.0. The van der Waals surface area contributed by atoms with Gasteiger partial charge in [0, 0.05) is 35.5 Å². The molecule has 0 aliphatic heterocycles. The quantitative estimate of drug-likeness (QED) is 0.249. The van der Waals surface area contributed by atoms with Gasteiger partial charge in [-0.2, -0.15) is 17.6 Å². The van der Waals surface area contributed by atoms with Crippen molar-refractivity contribution in [2.75, 3.05) is 0 Å². The predicted octanol–water partition coefficient (Wildman–Crippen LogP) is 5.64. The van der Waals surface area contributed by atoms with E-state index in [2.05, 4.69) is 21.9 Å². The molecule has 4 nitrogen and oxygen atoms in total. The number of aryl methyl sites for hydroxylation is 1. The smallest absolute Gasteiger partial charge is 0.286 e. The van der Waals surface area contributed by atoms with Gasteiger partial charge in [-0.3, -0.25) is 14.8 Å². The van der Waals surface area contributed by atoms with E-state index in [1.807, 2.05) is 6.07 Å². The minimum atomic E-state index is -3.19. The van der Waals surface area contributed by atoms with Crippen molar-refractivity contribution in [1.82, 2.24) is 15.3 Å². The summed E-state index contributed by atoms with van der Waals surface area (Å²) in [5.41, 5.74) is -2.06. The molecule has 0 aromatic carbocycles. The molecular formula is C23H24F4N3OP. The molecule has 1 amide bonds. The average Bonchev–Trinajstić information content (AvgIpc) is 3.46. The van der Waals surface area contributed by atoms with Gasteiger partial charge >= 0.3 is 0 Å². The number of rotatable bonds is 7. The van der Waals surface area contributed by atoms with E-state index >= 15 is 0 Å². The molecule has 1 fully saturated rings. The lowest BCUT2D eigenvalue weighted by Gasteiger charge is -2.21. The van der Waals surface area contributed by atoms with Crippen molar-refractivity contribution in [2.45, 2.75) is 50.7 Å². The first-order valence-electron chi connectivity index (χ1n) is 9.93. The van der Waals surface area contributed by atoms with Crippen molar-refractivity contribution in [3.05, 3.63) is 71.2 Å². The molecule has 9 heteroatoms. The molecule has 0 radical (unpaired) electrons. The SMILES string of the molecule is C=C(/C=C(\C)C(=O)NC1(c2ccc(-c3ccnc(C(C)(F)F)c3)nc2C)CC1)C(F)(F)P. The Morgan fingerprint density at radius 2 is 1.91 bits per heavy atom. The van der Waals surface area contributed by atoms with Crippen LogP contribution in [0.2, 0.25) is 0 Å². The van der Waals surface area contributed by atoms with Gasteiger partial charge < -0.3 is 5.32 Å². The second-order valence-electron chi connectivity index (χ2n) is 8.16. The maximum Gasteiger partial charge on any atom is 0.286 e. The van der Waals surface area contributed by atoms with Crippen LogP contribution in [0.5, 0.6) is 0 Å². The minimum absolute atomic E-state index is 0.121. The summed E-state index contributed by atoms with van der Waals surface area (Å²) in [4.78, 5) is 20.9. The number of pyridine rings is 2. The predicted molar refractivity (Wildman–Crippen MR) is 118 cm³/mol. The van der Waals surface area contributed by atoms with Gasteiger partial charge in [-0.05, 0) is 56.5 Å². The summed E-state index contributed by atoms with van der Waals surface area (Å²) in [7, 11) is 1.39. The molecule has 32 heavy (non-hydrogen) atoms. The third kappa shape index (κ3) is 5.23. The van der Waals surface area contributed by atoms with E-state index in [-0.39, 0.29) is 11.3 Å². The molecule has 2 aromatic heterocycles. The number of alkyl halides is 4. The van der Waals surface area contributed by atoms with E-state index in [0.717, 1.165) is 18.6 Å². The monoisotopic (exact) mass is 465 g/mol. The molecule has 1 unspecified atom stereocenters. The molecule has 0 bridgehead atoms. The first kappa shape index (κ1) is 24.1. The summed E-state index contributed by atoms with van der Waals surface area (Å²) in [5.74, 6) is -3.53. The number of nitrogens with zero attached hydrogens (tertiary/aromatic N) is 2. The highest BCUT2D eigenvalue weighted by Gasteiger charge is 2.47. The Kier molecular flexibility index (Phi) is 6.31. The molecule has 0 spiro atoms. The molecule has 1 aliphatic carbocycles. The summed E-state index contributed by atoms with van der Waals surface area (Å²) >= 11 is 0. The molecule has 3 rings (SSSR count). The van der Waals surface area contributed by atoms with E-state index in [0.29, 0.717) is 29.8 Å². The van der Waals surface area contributed by atoms with Crippen molar-refractivity contribution in [1.29, 1.82) is 0 Å². The Labute approximate surface area is 186 Å². The molecule has 1 N–H and O–H groups in total. The number of carbonyl (C=O) groups excluding carboxylic acids is 1. The average molecular weight is 465 g/mol. The van der Waals surface area contributed by atoms with Crippen molar-refractivity contribution < 1.29 is 22.4 Å². The van der Waals surface area contributed by atoms with E-state index in [1.165, 1.54) is 28.4 Å². The van der Waals surface area contributed by atoms with Gasteiger partial charge in [0.25, 0.3) is 11.6 Å². The van der Waals surface area contributed by atoms with Crippen molar-refractivity contribution in [3.8, 4) is 11.3 Å². The number of carbonyl (C=O) groups is 1. The van der Waals surface area contributed by atoms with Gasteiger partial charge in [0.15, 0.2) is 0 Å². The van der Waals surface area contributed by atoms with Gasteiger partial charge in [0.1, 0.15) is 5.69 Å². The van der Waals surface area contributed by atoms with Crippen LogP contribution >= 0.6 is 9.24 Å². The number of aromatic nitrogens is 2. The Bertz CT molecular complexity index is 1100. The number of halogens is 4. The zero-order chi connectivity index (χ0) is 23.9. The topological polar surface area (TPSA) is 54.9 Å². The summed E-state index contributed by atoms with van der Waals surface area (Å²) in [6.45, 7) is 7.32. The van der Waals surface area contributed by atoms with Gasteiger partial charge in [-0.25, -0.2) is 0 Å². The molecule has 2 aromatic rings. The van der Waals surface area contributed by atoms with Crippen molar-refractivity contribution >= 4 is 15.1 Å². The zero-order valence-electron chi connectivity index (χ0n) is 18.0. The van der Waals surface area contributed by atoms with Crippen molar-refractivity contribution in [2.24, 2.45) is 0 Å². The molecule has 1 saturated carbocycles. The van der Waals surface area contributed by atoms with Crippen LogP contribution in [0.4, 0.5) is 17.6 Å². The van der Waals surface area contributed by atoms with Crippen molar-refractivity contribution in [3.63, 3.8) is 0 Å². The standard InChI is InChI=1S/C23H24F4N3OP/c1-13(11-14(2)23(26,27)32)20(31)30-22(8-9-22)17-5-6-18(29-15(17)3)16-7-10-28-19(12-16)21(4,24)25/h5-7,10-12H,2,8-9,32H2,1,3-4H3,(H,30,31)/b13-11+. The lowest BCUT2D eigenvalue weighted by Crippen LogP contribution is -2.36. The fraction of sp³-hybridized carbons (Fsp3) is 0.348. The number of hydrogen-bond donors (Lipinski definition) is 1. The summed E-state index contributed by atoms with van der Waals surface area (Å²) in [6.07, 6.45) is 3.74. The van der Waals surface area contributed by atoms with Crippen LogP contribution < -0.4 is 5.32 Å². The second-order valence-corrected chi connectivity index (χ2v) is 8.88. The molecule has 1 aliphatic rings.